The lowest BCUT2D eigenvalue weighted by Crippen LogP contribution is -2.45. The van der Waals surface area contributed by atoms with E-state index in [0.717, 1.165) is 23.7 Å². The van der Waals surface area contributed by atoms with E-state index in [1.807, 2.05) is 0 Å². The summed E-state index contributed by atoms with van der Waals surface area (Å²) >= 11 is 0. The highest BCUT2D eigenvalue weighted by Crippen LogP contribution is 2.75. The lowest BCUT2D eigenvalue weighted by atomic mass is 9.50. The smallest absolute Gasteiger partial charge is 0.00537 e. The van der Waals surface area contributed by atoms with Crippen molar-refractivity contribution in [2.24, 2.45) is 61.6 Å². The van der Waals surface area contributed by atoms with Gasteiger partial charge in [0.1, 0.15) is 0 Å². The van der Waals surface area contributed by atoms with Crippen molar-refractivity contribution in [3.05, 3.63) is 47.6 Å². The van der Waals surface area contributed by atoms with Crippen LogP contribution in [0.5, 0.6) is 0 Å². The van der Waals surface area contributed by atoms with Crippen molar-refractivity contribution in [1.82, 2.24) is 0 Å². The molecule has 5 saturated carbocycles. The van der Waals surface area contributed by atoms with Gasteiger partial charge in [-0.05, 0) is 172 Å². The van der Waals surface area contributed by atoms with E-state index in [1.165, 1.54) is 108 Å². The molecule has 0 radical (unpaired) electrons. The second kappa shape index (κ2) is 11.3. The summed E-state index contributed by atoms with van der Waals surface area (Å²) in [5.41, 5.74) is 8.90. The fourth-order valence-electron chi connectivity index (χ4n) is 14.0. The molecule has 0 heterocycles. The molecular formula is C45H72. The third-order valence-corrected chi connectivity index (χ3v) is 16.3. The summed E-state index contributed by atoms with van der Waals surface area (Å²) in [6.07, 6.45) is 32.7. The molecule has 1 spiro atoms. The first-order valence-corrected chi connectivity index (χ1v) is 19.6. The third-order valence-electron chi connectivity index (χ3n) is 16.3. The van der Waals surface area contributed by atoms with Crippen LogP contribution in [0.1, 0.15) is 172 Å². The van der Waals surface area contributed by atoms with Gasteiger partial charge in [0.05, 0.1) is 0 Å². The van der Waals surface area contributed by atoms with Crippen molar-refractivity contribution in [3.8, 4) is 0 Å². The Kier molecular flexibility index (Phi) is 8.47. The van der Waals surface area contributed by atoms with Gasteiger partial charge >= 0.3 is 0 Å². The summed E-state index contributed by atoms with van der Waals surface area (Å²) < 4.78 is 0. The quantitative estimate of drug-likeness (QED) is 0.239. The summed E-state index contributed by atoms with van der Waals surface area (Å²) in [5.74, 6) is 3.65. The van der Waals surface area contributed by atoms with Crippen LogP contribution in [-0.4, -0.2) is 0 Å². The predicted octanol–water partition coefficient (Wildman–Crippen LogP) is 13.8. The van der Waals surface area contributed by atoms with Crippen molar-refractivity contribution in [2.45, 2.75) is 172 Å². The van der Waals surface area contributed by atoms with Crippen LogP contribution in [-0.2, 0) is 0 Å². The summed E-state index contributed by atoms with van der Waals surface area (Å²) in [4.78, 5) is 0. The van der Waals surface area contributed by atoms with Gasteiger partial charge in [0.15, 0.2) is 0 Å². The van der Waals surface area contributed by atoms with Crippen LogP contribution in [0.2, 0.25) is 0 Å². The van der Waals surface area contributed by atoms with Crippen LogP contribution >= 0.6 is 0 Å². The van der Waals surface area contributed by atoms with Gasteiger partial charge in [-0.25, -0.2) is 0 Å². The van der Waals surface area contributed by atoms with Crippen LogP contribution in [0.15, 0.2) is 47.6 Å². The Morgan fingerprint density at radius 1 is 0.689 bits per heavy atom. The van der Waals surface area contributed by atoms with Crippen molar-refractivity contribution in [1.29, 1.82) is 0 Å². The van der Waals surface area contributed by atoms with E-state index in [0.29, 0.717) is 37.9 Å². The molecule has 0 heteroatoms. The lowest BCUT2D eigenvalue weighted by Gasteiger charge is -2.55. The average Bonchev–Trinajstić information content (AvgIpc) is 3.43. The fraction of sp³-hybridized carbons (Fsp3) is 0.822. The molecule has 0 aromatic heterocycles. The zero-order valence-electron chi connectivity index (χ0n) is 31.6. The minimum Gasteiger partial charge on any atom is -0.0996 e. The number of allylic oxidation sites excluding steroid dienone is 7. The maximum atomic E-state index is 4.30. The van der Waals surface area contributed by atoms with Crippen molar-refractivity contribution < 1.29 is 0 Å². The highest BCUT2D eigenvalue weighted by molar-refractivity contribution is 5.28. The van der Waals surface area contributed by atoms with Crippen LogP contribution in [0, 0.1) is 61.6 Å². The molecule has 8 rings (SSSR count). The maximum absolute atomic E-state index is 4.30. The number of fused-ring (bicyclic) bond motifs is 2. The van der Waals surface area contributed by atoms with E-state index in [4.69, 9.17) is 0 Å². The second-order valence-corrected chi connectivity index (χ2v) is 20.8. The van der Waals surface area contributed by atoms with E-state index in [1.54, 1.807) is 11.1 Å². The molecule has 7 unspecified atom stereocenters. The molecule has 5 fully saturated rings. The number of hydrogen-bond acceptors (Lipinski definition) is 0. The van der Waals surface area contributed by atoms with Crippen molar-refractivity contribution in [2.75, 3.05) is 0 Å². The van der Waals surface area contributed by atoms with E-state index in [2.05, 4.69) is 100 Å². The third kappa shape index (κ3) is 5.75. The molecule has 0 aromatic rings. The van der Waals surface area contributed by atoms with Crippen molar-refractivity contribution in [3.63, 3.8) is 0 Å². The van der Waals surface area contributed by atoms with Gasteiger partial charge in [0, 0.05) is 0 Å². The molecule has 252 valence electrons. The summed E-state index contributed by atoms with van der Waals surface area (Å²) in [6, 6.07) is 0. The molecule has 0 nitrogen and oxygen atoms in total. The normalized spacial score (nSPS) is 47.3. The van der Waals surface area contributed by atoms with Crippen LogP contribution in [0.4, 0.5) is 0 Å². The SMILES string of the molecule is C=C1CC/C=C(\C)CCC2C1CC2(C)C.CC12CCCC3(C=CC(C)(C)C3CC1)C2.CC1=CC23CCC(C(C)(C)C2)[C@]3(C)CC1. The van der Waals surface area contributed by atoms with E-state index in [-0.39, 0.29) is 0 Å². The van der Waals surface area contributed by atoms with Gasteiger partial charge in [-0.1, -0.05) is 109 Å². The first-order valence-electron chi connectivity index (χ1n) is 19.6. The molecule has 45 heavy (non-hydrogen) atoms. The minimum atomic E-state index is 0.471. The molecule has 8 aliphatic carbocycles. The Labute approximate surface area is 280 Å². The van der Waals surface area contributed by atoms with Gasteiger partial charge < -0.3 is 0 Å². The zero-order chi connectivity index (χ0) is 32.7. The second-order valence-electron chi connectivity index (χ2n) is 20.8. The molecule has 8 aliphatic rings. The van der Waals surface area contributed by atoms with Gasteiger partial charge in [0.2, 0.25) is 0 Å². The Balaban J connectivity index is 0.000000119. The van der Waals surface area contributed by atoms with Gasteiger partial charge in [-0.2, -0.15) is 0 Å². The largest absolute Gasteiger partial charge is 0.0996 e. The molecule has 0 aromatic carbocycles. The van der Waals surface area contributed by atoms with Crippen molar-refractivity contribution >= 4 is 0 Å². The van der Waals surface area contributed by atoms with Gasteiger partial charge in [0.25, 0.3) is 0 Å². The fourth-order valence-corrected chi connectivity index (χ4v) is 14.0. The summed E-state index contributed by atoms with van der Waals surface area (Å²) in [6.45, 7) is 28.8. The molecule has 0 N–H and O–H groups in total. The molecule has 8 atom stereocenters. The van der Waals surface area contributed by atoms with E-state index >= 15 is 0 Å². The molecule has 0 amide bonds. The molecule has 0 saturated heterocycles. The van der Waals surface area contributed by atoms with Crippen LogP contribution in [0.3, 0.4) is 0 Å². The van der Waals surface area contributed by atoms with E-state index < -0.39 is 0 Å². The molecule has 0 aliphatic heterocycles. The Morgan fingerprint density at radius 2 is 1.42 bits per heavy atom. The lowest BCUT2D eigenvalue weighted by molar-refractivity contribution is -0.0270. The average molecular weight is 613 g/mol. The monoisotopic (exact) mass is 613 g/mol. The maximum Gasteiger partial charge on any atom is -0.00537 e. The van der Waals surface area contributed by atoms with Gasteiger partial charge in [-0.3, -0.25) is 0 Å². The Hall–Kier alpha value is -1.04. The minimum absolute atomic E-state index is 0.471. The highest BCUT2D eigenvalue weighted by Gasteiger charge is 2.67. The molecular weight excluding hydrogens is 540 g/mol. The van der Waals surface area contributed by atoms with E-state index in [9.17, 15) is 0 Å². The summed E-state index contributed by atoms with van der Waals surface area (Å²) in [5, 5.41) is 0. The first-order chi connectivity index (χ1) is 20.9. The van der Waals surface area contributed by atoms with Crippen LogP contribution < -0.4 is 0 Å². The number of hydrogen-bond donors (Lipinski definition) is 0. The van der Waals surface area contributed by atoms with Gasteiger partial charge in [-0.15, -0.1) is 0 Å². The first kappa shape index (κ1) is 33.8. The topological polar surface area (TPSA) is 0 Å². The standard InChI is InChI=1S/3C15H24/c1-11-5-7-14(4)12-6-8-15(14,9-11)10-13(12,2)3;1-13(2)9-10-15-7-4-6-14(3,11-15)8-5-12(13)15;1-11-6-5-7-12(2)13-10-15(3,4)14(13)9-8-11/h9,12H,5-8,10H2,1-4H3;9-10,12H,4-8,11H2,1-3H3;6,13-14H,2,5,7-10H2,1,3-4H3/b;;11-6+/t12?,14-,15?;;/m0../s1. The predicted molar refractivity (Wildman–Crippen MR) is 196 cm³/mol. The zero-order valence-corrected chi connectivity index (χ0v) is 31.6. The molecule has 4 bridgehead atoms. The Morgan fingerprint density at radius 3 is 2.13 bits per heavy atom. The highest BCUT2D eigenvalue weighted by atomic mass is 14.7. The Bertz CT molecular complexity index is 1250. The number of rotatable bonds is 0. The van der Waals surface area contributed by atoms with Crippen LogP contribution in [0.25, 0.3) is 0 Å². The summed E-state index contributed by atoms with van der Waals surface area (Å²) in [7, 11) is 0.